The second-order valence-corrected chi connectivity index (χ2v) is 13.4. The Balaban J connectivity index is 0.0000106. The number of allylic oxidation sites excluding steroid dienone is 1. The molecule has 0 spiro atoms. The molecule has 0 unspecified atom stereocenters. The molecule has 2 aromatic rings. The van der Waals surface area contributed by atoms with Crippen molar-refractivity contribution < 1.29 is 16.5 Å². The Labute approximate surface area is 295 Å². The van der Waals surface area contributed by atoms with Crippen LogP contribution >= 0.6 is 0 Å². The first kappa shape index (κ1) is 42.0. The van der Waals surface area contributed by atoms with Crippen LogP contribution in [0.15, 0.2) is 58.5 Å². The van der Waals surface area contributed by atoms with Gasteiger partial charge in [-0.1, -0.05) is 166 Å². The molecule has 0 aliphatic rings. The molecule has 0 atom stereocenters. The van der Waals surface area contributed by atoms with E-state index in [4.69, 9.17) is 9.98 Å². The molecule has 0 saturated carbocycles. The minimum atomic E-state index is 0. The molecule has 3 heteroatoms. The maximum absolute atomic E-state index is 4.93. The van der Waals surface area contributed by atoms with Crippen LogP contribution in [0.3, 0.4) is 0 Å². The van der Waals surface area contributed by atoms with Gasteiger partial charge in [0.1, 0.15) is 0 Å². The molecule has 0 aliphatic heterocycles. The molecule has 0 aliphatic carbocycles. The monoisotopic (exact) mass is 670 g/mol. The number of aryl methyl sites for hydroxylation is 2. The van der Waals surface area contributed by atoms with Crippen LogP contribution in [0.4, 0.5) is 11.4 Å². The van der Waals surface area contributed by atoms with E-state index in [-0.39, 0.29) is 16.5 Å². The van der Waals surface area contributed by atoms with Crippen LogP contribution in [-0.2, 0) is 16.5 Å². The van der Waals surface area contributed by atoms with Crippen molar-refractivity contribution in [3.63, 3.8) is 0 Å². The van der Waals surface area contributed by atoms with Gasteiger partial charge in [-0.05, 0) is 80.5 Å². The van der Waals surface area contributed by atoms with E-state index in [9.17, 15) is 0 Å². The summed E-state index contributed by atoms with van der Waals surface area (Å²) >= 11 is 0. The summed E-state index contributed by atoms with van der Waals surface area (Å²) in [5.41, 5.74) is 6.87. The molecular weight excluding hydrogens is 603 g/mol. The van der Waals surface area contributed by atoms with E-state index in [1.165, 1.54) is 145 Å². The fourth-order valence-corrected chi connectivity index (χ4v) is 5.85. The van der Waals surface area contributed by atoms with Gasteiger partial charge >= 0.3 is 0 Å². The average molecular weight is 672 g/mol. The van der Waals surface area contributed by atoms with Crippen LogP contribution in [-0.4, -0.2) is 11.9 Å². The summed E-state index contributed by atoms with van der Waals surface area (Å²) in [6.45, 7) is 8.80. The normalized spacial score (nSPS) is 12.0. The topological polar surface area (TPSA) is 24.7 Å². The summed E-state index contributed by atoms with van der Waals surface area (Å²) in [6.07, 6.45) is 38.2. The van der Waals surface area contributed by atoms with Gasteiger partial charge in [0.2, 0.25) is 0 Å². The Bertz CT molecular complexity index is 1080. The largest absolute Gasteiger partial charge is 0.255 e. The van der Waals surface area contributed by atoms with Gasteiger partial charge in [-0.2, -0.15) is 0 Å². The summed E-state index contributed by atoms with van der Waals surface area (Å²) in [6, 6.07) is 15.0. The van der Waals surface area contributed by atoms with Gasteiger partial charge in [-0.3, -0.25) is 9.98 Å². The number of unbranched alkanes of at least 4 members (excludes halogenated alkanes) is 20. The van der Waals surface area contributed by atoms with Crippen molar-refractivity contribution in [3.05, 3.63) is 65.2 Å². The molecule has 0 radical (unpaired) electrons. The Morgan fingerprint density at radius 2 is 1.02 bits per heavy atom. The van der Waals surface area contributed by atoms with Crippen molar-refractivity contribution in [1.82, 2.24) is 0 Å². The van der Waals surface area contributed by atoms with Crippen LogP contribution in [0, 0.1) is 13.8 Å². The van der Waals surface area contributed by atoms with E-state index in [2.05, 4.69) is 82.3 Å². The first-order chi connectivity index (χ1) is 22.1. The van der Waals surface area contributed by atoms with Gasteiger partial charge in [0.05, 0.1) is 17.1 Å². The molecule has 46 heavy (non-hydrogen) atoms. The summed E-state index contributed by atoms with van der Waals surface area (Å²) in [7, 11) is 0. The fraction of sp³-hybridized carbons (Fsp3) is 0.628. The SMILES string of the molecule is CCCCCCCCCCCCCCCCCCCCCC=Cc1ccc(N=C(C=Nc2ccc(C)c(C)c2)CCCC)cc1.[Ni]. The zero-order valence-corrected chi connectivity index (χ0v) is 31.2. The maximum Gasteiger partial charge on any atom is 0.0634 e. The van der Waals surface area contributed by atoms with Gasteiger partial charge in [-0.25, -0.2) is 0 Å². The molecule has 0 fully saturated rings. The number of aliphatic imine (C=N–C) groups is 2. The van der Waals surface area contributed by atoms with Gasteiger partial charge in [0, 0.05) is 22.7 Å². The van der Waals surface area contributed by atoms with E-state index < -0.39 is 0 Å². The average Bonchev–Trinajstić information content (AvgIpc) is 3.05. The van der Waals surface area contributed by atoms with E-state index in [1.807, 2.05) is 6.21 Å². The molecule has 0 aromatic heterocycles. The molecule has 0 saturated heterocycles. The van der Waals surface area contributed by atoms with Gasteiger partial charge < -0.3 is 0 Å². The molecule has 0 heterocycles. The smallest absolute Gasteiger partial charge is 0.0634 e. The zero-order chi connectivity index (χ0) is 32.2. The first-order valence-corrected chi connectivity index (χ1v) is 19.1. The predicted octanol–water partition coefficient (Wildman–Crippen LogP) is 14.8. The summed E-state index contributed by atoms with van der Waals surface area (Å²) < 4.78 is 0. The van der Waals surface area contributed by atoms with Crippen molar-refractivity contribution in [2.24, 2.45) is 9.98 Å². The number of hydrogen-bond donors (Lipinski definition) is 0. The number of rotatable bonds is 27. The number of hydrogen-bond acceptors (Lipinski definition) is 2. The molecule has 2 aromatic carbocycles. The Morgan fingerprint density at radius 3 is 1.52 bits per heavy atom. The van der Waals surface area contributed by atoms with Gasteiger partial charge in [-0.15, -0.1) is 0 Å². The third-order valence-electron chi connectivity index (χ3n) is 9.09. The molecule has 0 N–H and O–H groups in total. The van der Waals surface area contributed by atoms with Gasteiger partial charge in [0.25, 0.3) is 0 Å². The molecule has 260 valence electrons. The molecule has 0 amide bonds. The quantitative estimate of drug-likeness (QED) is 0.0513. The van der Waals surface area contributed by atoms with Crippen molar-refractivity contribution >= 4 is 29.4 Å². The third-order valence-corrected chi connectivity index (χ3v) is 9.09. The van der Waals surface area contributed by atoms with E-state index >= 15 is 0 Å². The van der Waals surface area contributed by atoms with Crippen molar-refractivity contribution in [3.8, 4) is 0 Å². The Kier molecular flexibility index (Phi) is 26.7. The van der Waals surface area contributed by atoms with E-state index in [1.54, 1.807) is 0 Å². The number of nitrogens with zero attached hydrogens (tertiary/aromatic N) is 2. The minimum Gasteiger partial charge on any atom is -0.255 e. The fourth-order valence-electron chi connectivity index (χ4n) is 5.85. The van der Waals surface area contributed by atoms with Crippen LogP contribution < -0.4 is 0 Å². The molecular formula is C43H68N2Ni. The standard InChI is InChI=1S/C43H68N2.Ni/c1-5-7-9-10-11-12-13-14-15-16-17-18-19-20-21-22-23-24-25-26-27-28-40-31-34-41(35-32-40)45-43(29-8-6-2)37-44-42-33-30-38(3)39(4)36-42;/h27-28,30-37H,5-26,29H2,1-4H3;. The Morgan fingerprint density at radius 1 is 0.543 bits per heavy atom. The minimum absolute atomic E-state index is 0. The second-order valence-electron chi connectivity index (χ2n) is 13.4. The van der Waals surface area contributed by atoms with Crippen LogP contribution in [0.25, 0.3) is 6.08 Å². The molecule has 2 rings (SSSR count). The Hall–Kier alpha value is -1.99. The molecule has 2 nitrogen and oxygen atoms in total. The maximum atomic E-state index is 4.93. The third kappa shape index (κ3) is 21.7. The van der Waals surface area contributed by atoms with Crippen LogP contribution in [0.2, 0.25) is 0 Å². The zero-order valence-electron chi connectivity index (χ0n) is 30.2. The number of benzene rings is 2. The van der Waals surface area contributed by atoms with E-state index in [0.29, 0.717) is 0 Å². The summed E-state index contributed by atoms with van der Waals surface area (Å²) in [5.74, 6) is 0. The van der Waals surface area contributed by atoms with Crippen molar-refractivity contribution in [2.75, 3.05) is 0 Å². The van der Waals surface area contributed by atoms with Gasteiger partial charge in [0.15, 0.2) is 0 Å². The van der Waals surface area contributed by atoms with Crippen molar-refractivity contribution in [2.45, 2.75) is 175 Å². The molecule has 0 bridgehead atoms. The predicted molar refractivity (Wildman–Crippen MR) is 204 cm³/mol. The van der Waals surface area contributed by atoms with Crippen LogP contribution in [0.1, 0.15) is 178 Å². The van der Waals surface area contributed by atoms with E-state index in [0.717, 1.165) is 36.3 Å². The van der Waals surface area contributed by atoms with Crippen LogP contribution in [0.5, 0.6) is 0 Å². The summed E-state index contributed by atoms with van der Waals surface area (Å²) in [5, 5.41) is 0. The first-order valence-electron chi connectivity index (χ1n) is 19.1. The van der Waals surface area contributed by atoms with Crippen molar-refractivity contribution in [1.29, 1.82) is 0 Å². The second kappa shape index (κ2) is 29.2. The summed E-state index contributed by atoms with van der Waals surface area (Å²) in [4.78, 5) is 9.65.